The van der Waals surface area contributed by atoms with Crippen molar-refractivity contribution < 1.29 is 33.1 Å². The van der Waals surface area contributed by atoms with Crippen molar-refractivity contribution in [3.63, 3.8) is 0 Å². The number of anilines is 2. The fourth-order valence-corrected chi connectivity index (χ4v) is 5.08. The van der Waals surface area contributed by atoms with Crippen LogP contribution in [0.25, 0.3) is 0 Å². The van der Waals surface area contributed by atoms with Crippen molar-refractivity contribution >= 4 is 29.2 Å². The summed E-state index contributed by atoms with van der Waals surface area (Å²) in [4.78, 5) is 47.1. The topological polar surface area (TPSA) is 103 Å². The molecule has 11 heteroatoms. The number of amides is 2. The van der Waals surface area contributed by atoms with Crippen LogP contribution in [0, 0.1) is 11.7 Å². The van der Waals surface area contributed by atoms with Gasteiger partial charge in [-0.3, -0.25) is 19.1 Å². The number of carbonyl (C=O) groups excluding carboxylic acids is 3. The molecule has 2 aliphatic rings. The summed E-state index contributed by atoms with van der Waals surface area (Å²) < 4.78 is 26.0. The molecule has 0 bridgehead atoms. The van der Waals surface area contributed by atoms with Gasteiger partial charge >= 0.3 is 5.97 Å². The Hall–Kier alpha value is -5.03. The summed E-state index contributed by atoms with van der Waals surface area (Å²) in [7, 11) is 3.06. The summed E-state index contributed by atoms with van der Waals surface area (Å²) in [6, 6.07) is 19.9. The number of aromatic nitrogens is 2. The van der Waals surface area contributed by atoms with E-state index >= 15 is 0 Å². The van der Waals surface area contributed by atoms with Crippen LogP contribution < -0.4 is 19.4 Å². The third-order valence-electron chi connectivity index (χ3n) is 6.97. The van der Waals surface area contributed by atoms with E-state index in [1.807, 2.05) is 30.3 Å². The van der Waals surface area contributed by atoms with Crippen LogP contribution in [-0.2, 0) is 21.5 Å². The smallest absolute Gasteiger partial charge is 0.362 e. The molecule has 3 heterocycles. The van der Waals surface area contributed by atoms with Crippen LogP contribution >= 0.6 is 0 Å². The van der Waals surface area contributed by atoms with Crippen molar-refractivity contribution in [1.29, 1.82) is 0 Å². The molecular formula is C29H23FN4O6. The van der Waals surface area contributed by atoms with Gasteiger partial charge in [-0.25, -0.2) is 19.1 Å². The highest BCUT2D eigenvalue weighted by atomic mass is 19.1. The number of aryl methyl sites for hydroxylation is 1. The third kappa shape index (κ3) is 4.16. The molecule has 10 nitrogen and oxygen atoms in total. The average molecular weight is 543 g/mol. The number of methoxy groups -OCH3 is 1. The molecule has 0 N–H and O–H groups in total. The van der Waals surface area contributed by atoms with Gasteiger partial charge in [0.15, 0.2) is 17.6 Å². The van der Waals surface area contributed by atoms with Gasteiger partial charge in [-0.15, -0.1) is 0 Å². The molecule has 2 saturated heterocycles. The molecular weight excluding hydrogens is 519 g/mol. The summed E-state index contributed by atoms with van der Waals surface area (Å²) in [6.07, 6.45) is 0.386. The van der Waals surface area contributed by atoms with Crippen LogP contribution in [0.2, 0.25) is 0 Å². The molecule has 2 amide bonds. The molecule has 0 radical (unpaired) electrons. The Morgan fingerprint density at radius 2 is 1.68 bits per heavy atom. The lowest BCUT2D eigenvalue weighted by molar-refractivity contribution is -0.126. The number of esters is 1. The van der Waals surface area contributed by atoms with Crippen molar-refractivity contribution in [3.8, 4) is 11.5 Å². The van der Waals surface area contributed by atoms with Gasteiger partial charge < -0.3 is 9.47 Å². The first-order valence-corrected chi connectivity index (χ1v) is 12.4. The van der Waals surface area contributed by atoms with Gasteiger partial charge in [-0.1, -0.05) is 24.3 Å². The number of hydrogen-bond acceptors (Lipinski definition) is 8. The van der Waals surface area contributed by atoms with Crippen LogP contribution in [0.4, 0.5) is 15.8 Å². The van der Waals surface area contributed by atoms with E-state index < -0.39 is 41.7 Å². The Labute approximate surface area is 228 Å². The molecule has 0 spiro atoms. The molecule has 40 heavy (non-hydrogen) atoms. The maximum Gasteiger partial charge on any atom is 0.362 e. The Kier molecular flexibility index (Phi) is 6.27. The highest BCUT2D eigenvalue weighted by molar-refractivity contribution is 6.23. The third-order valence-corrected chi connectivity index (χ3v) is 6.97. The minimum absolute atomic E-state index is 0.168. The summed E-state index contributed by atoms with van der Waals surface area (Å²) >= 11 is 0. The van der Waals surface area contributed by atoms with E-state index in [4.69, 9.17) is 14.3 Å². The predicted octanol–water partition coefficient (Wildman–Crippen LogP) is 3.84. The molecule has 2 aliphatic heterocycles. The normalized spacial score (nSPS) is 20.1. The lowest BCUT2D eigenvalue weighted by atomic mass is 9.90. The molecule has 0 aliphatic carbocycles. The molecule has 6 rings (SSSR count). The standard InChI is InChI=1S/C29H23FN4O6/c1-32-21(14-15-31-32)29(37)39-22-13-8-17(16-23(22)38-2)25-24-26(40-34(25)20-6-4-3-5-7-20)28(36)33(27(24)35)19-11-9-18(30)10-12-19/h3-16,24-26H,1-2H3/t24-,25+,26-/m0/s1. The quantitative estimate of drug-likeness (QED) is 0.206. The molecule has 1 aromatic heterocycles. The number of para-hydroxylation sites is 1. The lowest BCUT2D eigenvalue weighted by Crippen LogP contribution is -2.37. The van der Waals surface area contributed by atoms with E-state index in [9.17, 15) is 18.8 Å². The van der Waals surface area contributed by atoms with E-state index in [1.165, 1.54) is 48.3 Å². The molecule has 0 unspecified atom stereocenters. The number of hydrogen-bond donors (Lipinski definition) is 0. The van der Waals surface area contributed by atoms with Crippen LogP contribution in [0.5, 0.6) is 11.5 Å². The summed E-state index contributed by atoms with van der Waals surface area (Å²) in [5, 5.41) is 5.53. The second-order valence-corrected chi connectivity index (χ2v) is 9.29. The largest absolute Gasteiger partial charge is 0.493 e. The Balaban J connectivity index is 1.38. The van der Waals surface area contributed by atoms with Gasteiger partial charge in [-0.05, 0) is 60.2 Å². The maximum absolute atomic E-state index is 13.8. The summed E-state index contributed by atoms with van der Waals surface area (Å²) in [6.45, 7) is 0. The molecule has 3 aromatic carbocycles. The molecule has 2 fully saturated rings. The fourth-order valence-electron chi connectivity index (χ4n) is 5.08. The maximum atomic E-state index is 13.8. The van der Waals surface area contributed by atoms with Gasteiger partial charge in [0.25, 0.3) is 5.91 Å². The van der Waals surface area contributed by atoms with Crippen LogP contribution in [-0.4, -0.2) is 40.8 Å². The Morgan fingerprint density at radius 1 is 0.925 bits per heavy atom. The number of imide groups is 1. The SMILES string of the molecule is COc1cc([C@@H]2[C@@H]3C(=O)N(c4ccc(F)cc4)C(=O)[C@H]3ON2c2ccccc2)ccc1OC(=O)c1ccnn1C. The van der Waals surface area contributed by atoms with Crippen molar-refractivity contribution in [2.45, 2.75) is 12.1 Å². The van der Waals surface area contributed by atoms with E-state index in [1.54, 1.807) is 30.3 Å². The number of ether oxygens (including phenoxy) is 2. The van der Waals surface area contributed by atoms with Crippen molar-refractivity contribution in [3.05, 3.63) is 102 Å². The van der Waals surface area contributed by atoms with Crippen molar-refractivity contribution in [1.82, 2.24) is 9.78 Å². The zero-order valence-electron chi connectivity index (χ0n) is 21.4. The first kappa shape index (κ1) is 25.3. The van der Waals surface area contributed by atoms with E-state index in [-0.39, 0.29) is 22.9 Å². The highest BCUT2D eigenvalue weighted by Crippen LogP contribution is 2.48. The van der Waals surface area contributed by atoms with E-state index in [0.29, 0.717) is 11.3 Å². The number of benzene rings is 3. The Morgan fingerprint density at radius 3 is 2.35 bits per heavy atom. The fraction of sp³-hybridized carbons (Fsp3) is 0.172. The van der Waals surface area contributed by atoms with E-state index in [2.05, 4.69) is 5.10 Å². The second-order valence-electron chi connectivity index (χ2n) is 9.29. The summed E-state index contributed by atoms with van der Waals surface area (Å²) in [5.74, 6) is -2.62. The second kappa shape index (κ2) is 9.93. The average Bonchev–Trinajstić information content (AvgIpc) is 3.64. The minimum Gasteiger partial charge on any atom is -0.493 e. The lowest BCUT2D eigenvalue weighted by Gasteiger charge is -2.29. The number of fused-ring (bicyclic) bond motifs is 1. The molecule has 4 aromatic rings. The van der Waals surface area contributed by atoms with E-state index in [0.717, 1.165) is 4.90 Å². The van der Waals surface area contributed by atoms with Crippen LogP contribution in [0.15, 0.2) is 85.1 Å². The number of hydroxylamine groups is 1. The number of halogens is 1. The first-order chi connectivity index (χ1) is 19.4. The zero-order valence-corrected chi connectivity index (χ0v) is 21.4. The monoisotopic (exact) mass is 542 g/mol. The van der Waals surface area contributed by atoms with Gasteiger partial charge in [0.1, 0.15) is 17.4 Å². The minimum atomic E-state index is -1.10. The molecule has 0 saturated carbocycles. The van der Waals surface area contributed by atoms with Gasteiger partial charge in [0.05, 0.1) is 24.5 Å². The molecule has 3 atom stereocenters. The zero-order chi connectivity index (χ0) is 28.0. The number of carbonyl (C=O) groups is 3. The molecule has 202 valence electrons. The van der Waals surface area contributed by atoms with Crippen molar-refractivity contribution in [2.75, 3.05) is 17.1 Å². The number of rotatable bonds is 6. The van der Waals surface area contributed by atoms with Crippen LogP contribution in [0.3, 0.4) is 0 Å². The van der Waals surface area contributed by atoms with Crippen LogP contribution in [0.1, 0.15) is 22.1 Å². The summed E-state index contributed by atoms with van der Waals surface area (Å²) in [5.41, 5.74) is 1.75. The van der Waals surface area contributed by atoms with Gasteiger partial charge in [-0.2, -0.15) is 5.10 Å². The van der Waals surface area contributed by atoms with Crippen molar-refractivity contribution in [2.24, 2.45) is 13.0 Å². The Bertz CT molecular complexity index is 1610. The highest BCUT2D eigenvalue weighted by Gasteiger charge is 2.60. The van der Waals surface area contributed by atoms with Gasteiger partial charge in [0.2, 0.25) is 5.91 Å². The first-order valence-electron chi connectivity index (χ1n) is 12.4. The number of nitrogens with zero attached hydrogens (tertiary/aromatic N) is 4. The predicted molar refractivity (Wildman–Crippen MR) is 140 cm³/mol. The van der Waals surface area contributed by atoms with Gasteiger partial charge in [0, 0.05) is 13.2 Å².